The number of aryl methyl sites for hydroxylation is 3. The Morgan fingerprint density at radius 3 is 2.34 bits per heavy atom. The highest BCUT2D eigenvalue weighted by Gasteiger charge is 2.17. The van der Waals surface area contributed by atoms with Gasteiger partial charge in [-0.1, -0.05) is 29.8 Å². The van der Waals surface area contributed by atoms with Crippen molar-refractivity contribution in [3.8, 4) is 0 Å². The standard InChI is InChI=1S/C23H25N3O4S2/c1-15-10-16(2)22(17(3)11-15)26-21(27)14-24-23(28)18-6-4-8-20(12-18)32(29,30)25-13-19-7-5-9-31-19/h4-12,25H,13-14H2,1-3H3,(H,24,28)(H,26,27). The summed E-state index contributed by atoms with van der Waals surface area (Å²) in [6, 6.07) is 13.3. The first kappa shape index (κ1) is 23.6. The van der Waals surface area contributed by atoms with Crippen LogP contribution in [0.5, 0.6) is 0 Å². The largest absolute Gasteiger partial charge is 0.343 e. The Balaban J connectivity index is 1.61. The van der Waals surface area contributed by atoms with Crippen LogP contribution in [0.1, 0.15) is 31.9 Å². The van der Waals surface area contributed by atoms with E-state index in [1.165, 1.54) is 35.6 Å². The van der Waals surface area contributed by atoms with Crippen LogP contribution in [0, 0.1) is 20.8 Å². The van der Waals surface area contributed by atoms with E-state index in [1.807, 2.05) is 50.4 Å². The van der Waals surface area contributed by atoms with Crippen molar-refractivity contribution in [3.05, 3.63) is 81.0 Å². The predicted octanol–water partition coefficient (Wildman–Crippen LogP) is 3.52. The minimum absolute atomic E-state index is 0.0166. The van der Waals surface area contributed by atoms with Crippen molar-refractivity contribution in [2.45, 2.75) is 32.2 Å². The van der Waals surface area contributed by atoms with E-state index in [-0.39, 0.29) is 29.5 Å². The molecule has 0 aliphatic heterocycles. The molecule has 0 saturated heterocycles. The highest BCUT2D eigenvalue weighted by molar-refractivity contribution is 7.89. The van der Waals surface area contributed by atoms with E-state index in [0.717, 1.165) is 27.3 Å². The molecule has 0 aliphatic carbocycles. The van der Waals surface area contributed by atoms with Crippen LogP contribution in [0.2, 0.25) is 0 Å². The lowest BCUT2D eigenvalue weighted by Gasteiger charge is -2.13. The van der Waals surface area contributed by atoms with Gasteiger partial charge in [0.25, 0.3) is 5.91 Å². The van der Waals surface area contributed by atoms with Gasteiger partial charge in [0.2, 0.25) is 15.9 Å². The Morgan fingerprint density at radius 1 is 0.969 bits per heavy atom. The fraction of sp³-hybridized carbons (Fsp3) is 0.217. The van der Waals surface area contributed by atoms with Crippen molar-refractivity contribution < 1.29 is 18.0 Å². The van der Waals surface area contributed by atoms with E-state index in [2.05, 4.69) is 15.4 Å². The Kier molecular flexibility index (Phi) is 7.44. The quantitative estimate of drug-likeness (QED) is 0.468. The second kappa shape index (κ2) is 10.1. The Labute approximate surface area is 191 Å². The van der Waals surface area contributed by atoms with Gasteiger partial charge in [0.15, 0.2) is 0 Å². The third kappa shape index (κ3) is 6.03. The highest BCUT2D eigenvalue weighted by Crippen LogP contribution is 2.21. The third-order valence-electron chi connectivity index (χ3n) is 4.77. The van der Waals surface area contributed by atoms with Gasteiger partial charge in [0, 0.05) is 22.7 Å². The van der Waals surface area contributed by atoms with Crippen LogP contribution < -0.4 is 15.4 Å². The van der Waals surface area contributed by atoms with Crippen molar-refractivity contribution in [1.29, 1.82) is 0 Å². The molecule has 32 heavy (non-hydrogen) atoms. The SMILES string of the molecule is Cc1cc(C)c(NC(=O)CNC(=O)c2cccc(S(=O)(=O)NCc3cccs3)c2)c(C)c1. The molecule has 3 aromatic rings. The summed E-state index contributed by atoms with van der Waals surface area (Å²) in [5, 5.41) is 7.22. The summed E-state index contributed by atoms with van der Waals surface area (Å²) in [6.45, 7) is 5.74. The Morgan fingerprint density at radius 2 is 1.69 bits per heavy atom. The second-order valence-electron chi connectivity index (χ2n) is 7.44. The first-order valence-corrected chi connectivity index (χ1v) is 12.3. The Hall–Kier alpha value is -3.01. The summed E-state index contributed by atoms with van der Waals surface area (Å²) in [4.78, 5) is 25.7. The van der Waals surface area contributed by atoms with Gasteiger partial charge in [-0.15, -0.1) is 11.3 Å². The van der Waals surface area contributed by atoms with E-state index < -0.39 is 15.9 Å². The lowest BCUT2D eigenvalue weighted by atomic mass is 10.1. The maximum absolute atomic E-state index is 12.6. The number of carbonyl (C=O) groups excluding carboxylic acids is 2. The summed E-state index contributed by atoms with van der Waals surface area (Å²) >= 11 is 1.45. The fourth-order valence-corrected chi connectivity index (χ4v) is 5.08. The van der Waals surface area contributed by atoms with Crippen molar-refractivity contribution in [2.24, 2.45) is 0 Å². The van der Waals surface area contributed by atoms with Crippen LogP contribution in [-0.2, 0) is 21.4 Å². The normalized spacial score (nSPS) is 11.2. The van der Waals surface area contributed by atoms with E-state index in [4.69, 9.17) is 0 Å². The van der Waals surface area contributed by atoms with Gasteiger partial charge in [-0.25, -0.2) is 13.1 Å². The van der Waals surface area contributed by atoms with Gasteiger partial charge < -0.3 is 10.6 Å². The van der Waals surface area contributed by atoms with Crippen molar-refractivity contribution in [1.82, 2.24) is 10.0 Å². The number of rotatable bonds is 8. The molecule has 0 atom stereocenters. The number of anilines is 1. The number of hydrogen-bond acceptors (Lipinski definition) is 5. The molecule has 1 heterocycles. The molecule has 0 saturated carbocycles. The van der Waals surface area contributed by atoms with Gasteiger partial charge in [-0.05, 0) is 61.5 Å². The molecule has 0 fully saturated rings. The Bertz CT molecular complexity index is 1210. The average molecular weight is 472 g/mol. The monoisotopic (exact) mass is 471 g/mol. The van der Waals surface area contributed by atoms with Gasteiger partial charge in [-0.2, -0.15) is 0 Å². The van der Waals surface area contributed by atoms with E-state index in [0.29, 0.717) is 0 Å². The molecule has 1 aromatic heterocycles. The lowest BCUT2D eigenvalue weighted by molar-refractivity contribution is -0.115. The molecule has 0 radical (unpaired) electrons. The number of benzene rings is 2. The van der Waals surface area contributed by atoms with Crippen molar-refractivity contribution >= 4 is 38.9 Å². The molecule has 7 nitrogen and oxygen atoms in total. The van der Waals surface area contributed by atoms with Crippen LogP contribution in [0.25, 0.3) is 0 Å². The van der Waals surface area contributed by atoms with Crippen LogP contribution >= 0.6 is 11.3 Å². The summed E-state index contributed by atoms with van der Waals surface area (Å²) in [5.74, 6) is -0.900. The number of amides is 2. The lowest BCUT2D eigenvalue weighted by Crippen LogP contribution is -2.33. The maximum atomic E-state index is 12.6. The summed E-state index contributed by atoms with van der Waals surface area (Å²) in [5.41, 5.74) is 3.86. The smallest absolute Gasteiger partial charge is 0.251 e. The fourth-order valence-electron chi connectivity index (χ4n) is 3.29. The number of carbonyl (C=O) groups is 2. The highest BCUT2D eigenvalue weighted by atomic mass is 32.2. The maximum Gasteiger partial charge on any atom is 0.251 e. The second-order valence-corrected chi connectivity index (χ2v) is 10.2. The summed E-state index contributed by atoms with van der Waals surface area (Å²) in [7, 11) is -3.78. The molecule has 9 heteroatoms. The van der Waals surface area contributed by atoms with Gasteiger partial charge in [0.1, 0.15) is 0 Å². The van der Waals surface area contributed by atoms with Crippen LogP contribution in [0.3, 0.4) is 0 Å². The van der Waals surface area contributed by atoms with Crippen molar-refractivity contribution in [3.63, 3.8) is 0 Å². The minimum Gasteiger partial charge on any atom is -0.343 e. The molecular weight excluding hydrogens is 446 g/mol. The number of nitrogens with one attached hydrogen (secondary N) is 3. The molecule has 3 rings (SSSR count). The number of hydrogen-bond donors (Lipinski definition) is 3. The summed E-state index contributed by atoms with van der Waals surface area (Å²) in [6.07, 6.45) is 0. The van der Waals surface area contributed by atoms with E-state index >= 15 is 0 Å². The molecule has 3 N–H and O–H groups in total. The van der Waals surface area contributed by atoms with E-state index in [1.54, 1.807) is 0 Å². The van der Waals surface area contributed by atoms with E-state index in [9.17, 15) is 18.0 Å². The molecule has 0 unspecified atom stereocenters. The zero-order valence-corrected chi connectivity index (χ0v) is 19.7. The first-order chi connectivity index (χ1) is 15.2. The number of thiophene rings is 1. The van der Waals surface area contributed by atoms with Crippen LogP contribution in [-0.4, -0.2) is 26.8 Å². The molecular formula is C23H25N3O4S2. The minimum atomic E-state index is -3.78. The molecule has 0 aliphatic rings. The zero-order chi connectivity index (χ0) is 23.3. The van der Waals surface area contributed by atoms with Crippen LogP contribution in [0.15, 0.2) is 58.8 Å². The van der Waals surface area contributed by atoms with Crippen LogP contribution in [0.4, 0.5) is 5.69 Å². The average Bonchev–Trinajstić information content (AvgIpc) is 3.27. The number of sulfonamides is 1. The molecule has 0 spiro atoms. The summed E-state index contributed by atoms with van der Waals surface area (Å²) < 4.78 is 27.6. The molecule has 0 bridgehead atoms. The molecule has 168 valence electrons. The zero-order valence-electron chi connectivity index (χ0n) is 18.1. The van der Waals surface area contributed by atoms with Gasteiger partial charge >= 0.3 is 0 Å². The van der Waals surface area contributed by atoms with Crippen molar-refractivity contribution in [2.75, 3.05) is 11.9 Å². The molecule has 2 aromatic carbocycles. The third-order valence-corrected chi connectivity index (χ3v) is 7.05. The van der Waals surface area contributed by atoms with Gasteiger partial charge in [-0.3, -0.25) is 9.59 Å². The molecule has 2 amide bonds. The first-order valence-electron chi connectivity index (χ1n) is 9.94. The predicted molar refractivity (Wildman–Crippen MR) is 126 cm³/mol. The topological polar surface area (TPSA) is 104 Å². The van der Waals surface area contributed by atoms with Gasteiger partial charge in [0.05, 0.1) is 11.4 Å².